The topological polar surface area (TPSA) is 101 Å². The molecule has 0 aliphatic carbocycles. The third-order valence-electron chi connectivity index (χ3n) is 6.29. The van der Waals surface area contributed by atoms with Crippen molar-refractivity contribution in [2.75, 3.05) is 0 Å². The Morgan fingerprint density at radius 3 is 1.73 bits per heavy atom. The van der Waals surface area contributed by atoms with Crippen molar-refractivity contribution >= 4 is 55.6 Å². The van der Waals surface area contributed by atoms with E-state index in [1.807, 2.05) is 60.7 Å². The molecule has 0 saturated heterocycles. The van der Waals surface area contributed by atoms with E-state index >= 15 is 0 Å². The van der Waals surface area contributed by atoms with Crippen LogP contribution in [0.25, 0.3) is 55.6 Å². The van der Waals surface area contributed by atoms with Gasteiger partial charge in [-0.1, -0.05) is 66.7 Å². The second-order valence-corrected chi connectivity index (χ2v) is 8.47. The van der Waals surface area contributed by atoms with Gasteiger partial charge >= 0.3 is 11.3 Å². The molecule has 2 heterocycles. The van der Waals surface area contributed by atoms with E-state index in [0.29, 0.717) is 21.9 Å². The summed E-state index contributed by atoms with van der Waals surface area (Å²) in [6, 6.07) is 21.9. The molecule has 0 aliphatic heterocycles. The minimum atomic E-state index is -0.703. The van der Waals surface area contributed by atoms with Crippen LogP contribution in [0.4, 0.5) is 0 Å². The smallest absolute Gasteiger partial charge is 0.348 e. The van der Waals surface area contributed by atoms with Gasteiger partial charge in [0.15, 0.2) is 0 Å². The van der Waals surface area contributed by atoms with Gasteiger partial charge in [0, 0.05) is 10.8 Å². The van der Waals surface area contributed by atoms with Gasteiger partial charge in [-0.15, -0.1) is 5.73 Å². The van der Waals surface area contributed by atoms with Crippen molar-refractivity contribution in [1.82, 2.24) is 0 Å². The standard InChI is InChI=1S/C31H18O6/c32-26-22-16-14-18-8-4-6-10-20(18)28(22)36-30(34)24(26)12-2-1-3-13-25-27(33)23-17-15-19-9-5-7-11-21(19)29(23)37-31(25)35/h1-2,4-17,32-33H. The van der Waals surface area contributed by atoms with E-state index in [-0.39, 0.29) is 22.6 Å². The zero-order chi connectivity index (χ0) is 25.5. The molecule has 4 aromatic carbocycles. The maximum Gasteiger partial charge on any atom is 0.348 e. The van der Waals surface area contributed by atoms with Crippen LogP contribution in [0, 0.1) is 0 Å². The highest BCUT2D eigenvalue weighted by Crippen LogP contribution is 2.33. The summed E-state index contributed by atoms with van der Waals surface area (Å²) in [7, 11) is 0. The molecule has 6 nitrogen and oxygen atoms in total. The molecular formula is C31H18O6. The van der Waals surface area contributed by atoms with Crippen LogP contribution >= 0.6 is 0 Å². The summed E-state index contributed by atoms with van der Waals surface area (Å²) >= 11 is 0. The van der Waals surface area contributed by atoms with Gasteiger partial charge in [-0.05, 0) is 41.1 Å². The van der Waals surface area contributed by atoms with Crippen LogP contribution in [-0.4, -0.2) is 10.2 Å². The highest BCUT2D eigenvalue weighted by Gasteiger charge is 2.15. The molecule has 0 fully saturated rings. The molecule has 6 rings (SSSR count). The van der Waals surface area contributed by atoms with Crippen molar-refractivity contribution in [1.29, 1.82) is 0 Å². The number of hydrogen-bond donors (Lipinski definition) is 2. The molecule has 2 aromatic heterocycles. The maximum absolute atomic E-state index is 12.6. The molecule has 0 bridgehead atoms. The molecular weight excluding hydrogens is 468 g/mol. The molecule has 0 aliphatic rings. The fourth-order valence-corrected chi connectivity index (χ4v) is 4.46. The number of benzene rings is 4. The Morgan fingerprint density at radius 2 is 1.14 bits per heavy atom. The van der Waals surface area contributed by atoms with Crippen LogP contribution in [0.15, 0.2) is 109 Å². The lowest BCUT2D eigenvalue weighted by Crippen LogP contribution is -2.03. The zero-order valence-corrected chi connectivity index (χ0v) is 19.3. The van der Waals surface area contributed by atoms with Crippen molar-refractivity contribution in [2.24, 2.45) is 0 Å². The third-order valence-corrected chi connectivity index (χ3v) is 6.29. The van der Waals surface area contributed by atoms with E-state index in [1.54, 1.807) is 12.1 Å². The summed E-state index contributed by atoms with van der Waals surface area (Å²) in [4.78, 5) is 25.2. The molecule has 6 heteroatoms. The molecule has 0 radical (unpaired) electrons. The first-order valence-electron chi connectivity index (χ1n) is 11.5. The fourth-order valence-electron chi connectivity index (χ4n) is 4.46. The van der Waals surface area contributed by atoms with Gasteiger partial charge in [-0.2, -0.15) is 0 Å². The summed E-state index contributed by atoms with van der Waals surface area (Å²) in [5.74, 6) is -0.396. The number of aromatic hydroxyl groups is 2. The van der Waals surface area contributed by atoms with Crippen molar-refractivity contribution in [2.45, 2.75) is 0 Å². The summed E-state index contributed by atoms with van der Waals surface area (Å²) < 4.78 is 11.0. The maximum atomic E-state index is 12.6. The molecule has 0 amide bonds. The molecule has 0 unspecified atom stereocenters. The van der Waals surface area contributed by atoms with E-state index in [9.17, 15) is 19.8 Å². The Balaban J connectivity index is 1.37. The largest absolute Gasteiger partial charge is 0.506 e. The molecule has 2 N–H and O–H groups in total. The van der Waals surface area contributed by atoms with Gasteiger partial charge in [-0.25, -0.2) is 9.59 Å². The third kappa shape index (κ3) is 3.69. The van der Waals surface area contributed by atoms with E-state index < -0.39 is 11.3 Å². The van der Waals surface area contributed by atoms with Crippen LogP contribution in [0.1, 0.15) is 11.1 Å². The first kappa shape index (κ1) is 22.2. The number of fused-ring (bicyclic) bond motifs is 6. The Labute approximate surface area is 208 Å². The SMILES string of the molecule is O=c1oc2c(ccc3ccccc32)c(O)c1C=C=CC=Cc1c(O)c2ccc3ccccc3c2oc1=O. The lowest BCUT2D eigenvalue weighted by molar-refractivity contribution is 0.466. The average Bonchev–Trinajstić information content (AvgIpc) is 2.91. The lowest BCUT2D eigenvalue weighted by atomic mass is 10.0. The van der Waals surface area contributed by atoms with E-state index in [4.69, 9.17) is 8.83 Å². The highest BCUT2D eigenvalue weighted by molar-refractivity contribution is 6.07. The van der Waals surface area contributed by atoms with Crippen molar-refractivity contribution in [3.63, 3.8) is 0 Å². The normalized spacial score (nSPS) is 11.5. The Kier molecular flexibility index (Phi) is 5.22. The zero-order valence-electron chi connectivity index (χ0n) is 19.3. The van der Waals surface area contributed by atoms with Crippen LogP contribution in [-0.2, 0) is 0 Å². The van der Waals surface area contributed by atoms with Crippen LogP contribution in [0.2, 0.25) is 0 Å². The first-order chi connectivity index (χ1) is 18.0. The van der Waals surface area contributed by atoms with E-state index in [2.05, 4.69) is 5.73 Å². The second kappa shape index (κ2) is 8.72. The lowest BCUT2D eigenvalue weighted by Gasteiger charge is -2.06. The van der Waals surface area contributed by atoms with Crippen LogP contribution < -0.4 is 11.3 Å². The summed E-state index contributed by atoms with van der Waals surface area (Å²) in [6.45, 7) is 0. The summed E-state index contributed by atoms with van der Waals surface area (Å²) in [6.07, 6.45) is 5.61. The monoisotopic (exact) mass is 486 g/mol. The van der Waals surface area contributed by atoms with Crippen LogP contribution in [0.5, 0.6) is 11.5 Å². The van der Waals surface area contributed by atoms with Crippen molar-refractivity contribution in [3.05, 3.63) is 123 Å². The minimum absolute atomic E-state index is 0.0132. The number of allylic oxidation sites excluding steroid dienone is 2. The van der Waals surface area contributed by atoms with Crippen LogP contribution in [0.3, 0.4) is 0 Å². The van der Waals surface area contributed by atoms with Gasteiger partial charge in [-0.3, -0.25) is 0 Å². The predicted octanol–water partition coefficient (Wildman–Crippen LogP) is 6.50. The van der Waals surface area contributed by atoms with Gasteiger partial charge in [0.25, 0.3) is 0 Å². The Bertz CT molecular complexity index is 2090. The quantitative estimate of drug-likeness (QED) is 0.128. The summed E-state index contributed by atoms with van der Waals surface area (Å²) in [5, 5.41) is 25.5. The first-order valence-corrected chi connectivity index (χ1v) is 11.5. The minimum Gasteiger partial charge on any atom is -0.506 e. The average molecular weight is 486 g/mol. The molecule has 0 saturated carbocycles. The van der Waals surface area contributed by atoms with Gasteiger partial charge in [0.1, 0.15) is 33.8 Å². The molecule has 6 aromatic rings. The van der Waals surface area contributed by atoms with E-state index in [0.717, 1.165) is 21.5 Å². The van der Waals surface area contributed by atoms with Gasteiger partial charge in [0.05, 0.1) is 10.8 Å². The molecule has 178 valence electrons. The van der Waals surface area contributed by atoms with Gasteiger partial charge in [0.2, 0.25) is 0 Å². The fraction of sp³-hybridized carbons (Fsp3) is 0. The van der Waals surface area contributed by atoms with E-state index in [1.165, 1.54) is 24.3 Å². The van der Waals surface area contributed by atoms with Crippen molar-refractivity contribution in [3.8, 4) is 11.5 Å². The molecule has 0 spiro atoms. The highest BCUT2D eigenvalue weighted by atomic mass is 16.4. The van der Waals surface area contributed by atoms with Crippen molar-refractivity contribution < 1.29 is 19.0 Å². The Morgan fingerprint density at radius 1 is 0.622 bits per heavy atom. The second-order valence-electron chi connectivity index (χ2n) is 8.47. The number of rotatable bonds is 3. The molecule has 0 atom stereocenters. The number of hydrogen-bond acceptors (Lipinski definition) is 6. The predicted molar refractivity (Wildman–Crippen MR) is 145 cm³/mol. The Hall–Kier alpha value is -5.32. The molecule has 37 heavy (non-hydrogen) atoms. The summed E-state index contributed by atoms with van der Waals surface area (Å²) in [5.41, 5.74) is 1.97. The van der Waals surface area contributed by atoms with Gasteiger partial charge < -0.3 is 19.0 Å².